The van der Waals surface area contributed by atoms with E-state index >= 15 is 0 Å². The fraction of sp³-hybridized carbons (Fsp3) is 0.100. The second kappa shape index (κ2) is 8.43. The molecule has 0 spiro atoms. The summed E-state index contributed by atoms with van der Waals surface area (Å²) in [6.07, 6.45) is 3.07. The molecular weight excluding hydrogens is 445 g/mol. The minimum absolute atomic E-state index is 0.230. The number of nitrogens with zero attached hydrogens (tertiary/aromatic N) is 3. The van der Waals surface area contributed by atoms with E-state index in [4.69, 9.17) is 27.9 Å². The number of carbonyl (C=O) groups is 1. The minimum Gasteiger partial charge on any atom is -0.495 e. The number of hydrogen-bond acceptors (Lipinski definition) is 7. The first-order chi connectivity index (χ1) is 14.5. The fourth-order valence-electron chi connectivity index (χ4n) is 2.84. The van der Waals surface area contributed by atoms with Gasteiger partial charge in [0.25, 0.3) is 5.91 Å². The summed E-state index contributed by atoms with van der Waals surface area (Å²) in [4.78, 5) is 25.8. The van der Waals surface area contributed by atoms with Gasteiger partial charge >= 0.3 is 0 Å². The monoisotopic (exact) mass is 459 g/mol. The highest BCUT2D eigenvalue weighted by molar-refractivity contribution is 7.18. The van der Waals surface area contributed by atoms with Crippen molar-refractivity contribution >= 4 is 68.0 Å². The average molecular weight is 460 g/mol. The number of anilines is 3. The molecule has 0 aliphatic carbocycles. The van der Waals surface area contributed by atoms with Crippen LogP contribution in [0.25, 0.3) is 10.2 Å². The Morgan fingerprint density at radius 3 is 2.73 bits per heavy atom. The van der Waals surface area contributed by atoms with Crippen molar-refractivity contribution < 1.29 is 9.53 Å². The molecule has 0 fully saturated rings. The van der Waals surface area contributed by atoms with E-state index in [9.17, 15) is 4.79 Å². The Bertz CT molecular complexity index is 1250. The Morgan fingerprint density at radius 2 is 2.00 bits per heavy atom. The van der Waals surface area contributed by atoms with Crippen LogP contribution in [0.15, 0.2) is 42.2 Å². The van der Waals surface area contributed by atoms with Crippen molar-refractivity contribution in [3.05, 3.63) is 63.3 Å². The summed E-state index contributed by atoms with van der Waals surface area (Å²) in [5, 5.41) is 8.23. The number of rotatable bonds is 5. The topological polar surface area (TPSA) is 89.0 Å². The van der Waals surface area contributed by atoms with Crippen molar-refractivity contribution in [3.8, 4) is 5.75 Å². The molecule has 0 saturated carbocycles. The lowest BCUT2D eigenvalue weighted by Gasteiger charge is -2.14. The number of thiophene rings is 1. The molecule has 2 N–H and O–H groups in total. The van der Waals surface area contributed by atoms with Crippen LogP contribution < -0.4 is 15.4 Å². The van der Waals surface area contributed by atoms with Gasteiger partial charge in [0.2, 0.25) is 0 Å². The van der Waals surface area contributed by atoms with Crippen LogP contribution in [0, 0.1) is 6.92 Å². The highest BCUT2D eigenvalue weighted by Crippen LogP contribution is 2.41. The Hall–Kier alpha value is -2.94. The zero-order valence-electron chi connectivity index (χ0n) is 15.9. The molecule has 0 aliphatic heterocycles. The molecule has 1 amide bonds. The van der Waals surface area contributed by atoms with Gasteiger partial charge in [-0.25, -0.2) is 15.0 Å². The van der Waals surface area contributed by atoms with E-state index in [1.54, 1.807) is 24.6 Å². The number of pyridine rings is 1. The normalized spacial score (nSPS) is 10.8. The molecule has 0 bridgehead atoms. The smallest absolute Gasteiger partial charge is 0.258 e. The van der Waals surface area contributed by atoms with Crippen LogP contribution in [0.3, 0.4) is 0 Å². The van der Waals surface area contributed by atoms with Crippen molar-refractivity contribution in [1.29, 1.82) is 0 Å². The van der Waals surface area contributed by atoms with Gasteiger partial charge in [-0.2, -0.15) is 0 Å². The quantitative estimate of drug-likeness (QED) is 0.397. The van der Waals surface area contributed by atoms with Crippen molar-refractivity contribution in [3.63, 3.8) is 0 Å². The van der Waals surface area contributed by atoms with E-state index in [0.29, 0.717) is 39.2 Å². The first-order valence-electron chi connectivity index (χ1n) is 8.73. The highest BCUT2D eigenvalue weighted by Gasteiger charge is 2.21. The molecule has 0 saturated heterocycles. The molecule has 30 heavy (non-hydrogen) atoms. The standard InChI is InChI=1S/C20H15Cl2N5O2S/c1-10-7-12(29-2)15(22)17(14(10)21)27-20(28)11-8-30-18-16(11)24-9-25-19(18)26-13-5-3-4-6-23-13/h3-9H,1-2H3,(H,27,28)(H,23,24,25,26). The lowest BCUT2D eigenvalue weighted by Crippen LogP contribution is -2.13. The fourth-order valence-corrected chi connectivity index (χ4v) is 4.30. The predicted molar refractivity (Wildman–Crippen MR) is 121 cm³/mol. The molecule has 7 nitrogen and oxygen atoms in total. The summed E-state index contributed by atoms with van der Waals surface area (Å²) in [5.74, 6) is 1.24. The number of carbonyl (C=O) groups excluding carboxylic acids is 1. The summed E-state index contributed by atoms with van der Waals surface area (Å²) in [6.45, 7) is 1.81. The molecule has 4 aromatic rings. The zero-order chi connectivity index (χ0) is 21.3. The predicted octanol–water partition coefficient (Wildman–Crippen LogP) is 5.71. The maximum Gasteiger partial charge on any atom is 0.258 e. The Kier molecular flexibility index (Phi) is 5.72. The number of amides is 1. The molecule has 0 unspecified atom stereocenters. The molecule has 0 radical (unpaired) electrons. The Labute approximate surface area is 186 Å². The molecule has 4 rings (SSSR count). The summed E-state index contributed by atoms with van der Waals surface area (Å²) >= 11 is 14.1. The molecular formula is C20H15Cl2N5O2S. The number of halogens is 2. The largest absolute Gasteiger partial charge is 0.495 e. The van der Waals surface area contributed by atoms with Crippen molar-refractivity contribution in [2.75, 3.05) is 17.7 Å². The van der Waals surface area contributed by atoms with Gasteiger partial charge in [-0.1, -0.05) is 29.3 Å². The number of aryl methyl sites for hydroxylation is 1. The van der Waals surface area contributed by atoms with Crippen molar-refractivity contribution in [2.45, 2.75) is 6.92 Å². The summed E-state index contributed by atoms with van der Waals surface area (Å²) < 4.78 is 5.99. The second-order valence-electron chi connectivity index (χ2n) is 6.24. The van der Waals surface area contributed by atoms with Gasteiger partial charge in [-0.3, -0.25) is 4.79 Å². The van der Waals surface area contributed by atoms with E-state index < -0.39 is 0 Å². The number of hydrogen-bond donors (Lipinski definition) is 2. The Morgan fingerprint density at radius 1 is 1.17 bits per heavy atom. The third-order valence-electron chi connectivity index (χ3n) is 4.32. The van der Waals surface area contributed by atoms with Crippen LogP contribution in [0.4, 0.5) is 17.3 Å². The van der Waals surface area contributed by atoms with Gasteiger partial charge in [0, 0.05) is 11.6 Å². The molecule has 152 valence electrons. The Balaban J connectivity index is 1.69. The molecule has 0 atom stereocenters. The van der Waals surface area contributed by atoms with Gasteiger partial charge in [-0.05, 0) is 30.7 Å². The number of benzene rings is 1. The zero-order valence-corrected chi connectivity index (χ0v) is 18.2. The molecule has 3 heterocycles. The van der Waals surface area contributed by atoms with E-state index in [0.717, 1.165) is 10.3 Å². The van der Waals surface area contributed by atoms with Gasteiger partial charge in [0.05, 0.1) is 33.6 Å². The third-order valence-corrected chi connectivity index (χ3v) is 6.16. The maximum absolute atomic E-state index is 13.0. The molecule has 1 aromatic carbocycles. The number of aromatic nitrogens is 3. The van der Waals surface area contributed by atoms with E-state index in [-0.39, 0.29) is 10.9 Å². The van der Waals surface area contributed by atoms with E-state index in [1.165, 1.54) is 24.8 Å². The van der Waals surface area contributed by atoms with Gasteiger partial charge in [0.15, 0.2) is 5.82 Å². The molecule has 3 aromatic heterocycles. The van der Waals surface area contributed by atoms with Crippen LogP contribution in [-0.4, -0.2) is 28.0 Å². The number of fused-ring (bicyclic) bond motifs is 1. The SMILES string of the molecule is COc1cc(C)c(Cl)c(NC(=O)c2csc3c(Nc4ccccn4)ncnc23)c1Cl. The summed E-state index contributed by atoms with van der Waals surface area (Å²) in [6, 6.07) is 7.23. The molecule has 10 heteroatoms. The van der Waals surface area contributed by atoms with E-state index in [1.807, 2.05) is 18.2 Å². The van der Waals surface area contributed by atoms with Crippen molar-refractivity contribution in [2.24, 2.45) is 0 Å². The van der Waals surface area contributed by atoms with Crippen LogP contribution in [-0.2, 0) is 0 Å². The van der Waals surface area contributed by atoms with Gasteiger partial charge < -0.3 is 15.4 Å². The minimum atomic E-state index is -0.389. The van der Waals surface area contributed by atoms with Gasteiger partial charge in [0.1, 0.15) is 22.9 Å². The first kappa shape index (κ1) is 20.3. The van der Waals surface area contributed by atoms with Crippen LogP contribution in [0.1, 0.15) is 15.9 Å². The number of nitrogens with one attached hydrogen (secondary N) is 2. The van der Waals surface area contributed by atoms with Crippen LogP contribution in [0.2, 0.25) is 10.0 Å². The summed E-state index contributed by atoms with van der Waals surface area (Å²) in [5.41, 5.74) is 1.92. The van der Waals surface area contributed by atoms with Gasteiger partial charge in [-0.15, -0.1) is 11.3 Å². The van der Waals surface area contributed by atoms with Crippen molar-refractivity contribution in [1.82, 2.24) is 15.0 Å². The summed E-state index contributed by atoms with van der Waals surface area (Å²) in [7, 11) is 1.50. The first-order valence-corrected chi connectivity index (χ1v) is 10.4. The number of ether oxygens (including phenoxy) is 1. The second-order valence-corrected chi connectivity index (χ2v) is 7.88. The third kappa shape index (κ3) is 3.77. The average Bonchev–Trinajstić information content (AvgIpc) is 3.20. The highest BCUT2D eigenvalue weighted by atomic mass is 35.5. The van der Waals surface area contributed by atoms with E-state index in [2.05, 4.69) is 25.6 Å². The van der Waals surface area contributed by atoms with Crippen LogP contribution >= 0.6 is 34.5 Å². The lowest BCUT2D eigenvalue weighted by atomic mass is 10.2. The molecule has 0 aliphatic rings. The number of methoxy groups -OCH3 is 1. The maximum atomic E-state index is 13.0. The van der Waals surface area contributed by atoms with Crippen LogP contribution in [0.5, 0.6) is 5.75 Å². The lowest BCUT2D eigenvalue weighted by molar-refractivity contribution is 0.102.